The van der Waals surface area contributed by atoms with E-state index in [1.807, 2.05) is 34.9 Å². The third kappa shape index (κ3) is 2.77. The van der Waals surface area contributed by atoms with E-state index >= 15 is 0 Å². The van der Waals surface area contributed by atoms with Crippen molar-refractivity contribution in [3.8, 4) is 5.69 Å². The Hall–Kier alpha value is -2.27. The number of nitrogens with one attached hydrogen (secondary N) is 1. The number of hydrogen-bond acceptors (Lipinski definition) is 4. The molecule has 0 bridgehead atoms. The van der Waals surface area contributed by atoms with Crippen molar-refractivity contribution in [1.29, 1.82) is 0 Å². The lowest BCUT2D eigenvalue weighted by molar-refractivity contribution is 0.520. The minimum Gasteiger partial charge on any atom is -0.448 e. The summed E-state index contributed by atoms with van der Waals surface area (Å²) in [5, 5.41) is 11.2. The van der Waals surface area contributed by atoms with Gasteiger partial charge in [0.05, 0.1) is 12.2 Å². The zero-order chi connectivity index (χ0) is 13.1. The van der Waals surface area contributed by atoms with Gasteiger partial charge >= 0.3 is 0 Å². The Kier molecular flexibility index (Phi) is 3.20. The fraction of sp³-hybridized carbons (Fsp3) is 0.0769. The highest BCUT2D eigenvalue weighted by molar-refractivity contribution is 6.28. The normalized spacial score (nSPS) is 10.6. The average Bonchev–Trinajstić information content (AvgIpc) is 3.08. The summed E-state index contributed by atoms with van der Waals surface area (Å²) in [6.45, 7) is 0.582. The van der Waals surface area contributed by atoms with Gasteiger partial charge in [-0.25, -0.2) is 0 Å². The van der Waals surface area contributed by atoms with Crippen molar-refractivity contribution in [2.45, 2.75) is 6.54 Å². The molecule has 0 aliphatic carbocycles. The van der Waals surface area contributed by atoms with E-state index in [9.17, 15) is 0 Å². The van der Waals surface area contributed by atoms with E-state index in [2.05, 4.69) is 15.5 Å². The lowest BCUT2D eigenvalue weighted by Gasteiger charge is -2.07. The minimum atomic E-state index is 0.398. The maximum absolute atomic E-state index is 5.72. The molecular formula is C13H11ClN4O. The molecule has 0 aliphatic rings. The molecule has 0 unspecified atom stereocenters. The summed E-state index contributed by atoms with van der Waals surface area (Å²) in [7, 11) is 0. The Morgan fingerprint density at radius 2 is 2.00 bits per heavy atom. The van der Waals surface area contributed by atoms with Gasteiger partial charge in [-0.15, -0.1) is 10.2 Å². The molecule has 2 aromatic heterocycles. The van der Waals surface area contributed by atoms with E-state index in [4.69, 9.17) is 16.0 Å². The molecule has 1 aromatic carbocycles. The van der Waals surface area contributed by atoms with Crippen LogP contribution in [0.15, 0.2) is 53.5 Å². The highest BCUT2D eigenvalue weighted by Gasteiger charge is 2.01. The monoisotopic (exact) mass is 274 g/mol. The van der Waals surface area contributed by atoms with Crippen LogP contribution in [0.25, 0.3) is 5.69 Å². The smallest absolute Gasteiger partial charge is 0.193 e. The molecule has 0 saturated carbocycles. The number of aromatic nitrogens is 3. The summed E-state index contributed by atoms with van der Waals surface area (Å²) < 4.78 is 7.13. The Morgan fingerprint density at radius 3 is 2.74 bits per heavy atom. The molecule has 1 N–H and O–H groups in total. The van der Waals surface area contributed by atoms with Gasteiger partial charge in [0, 0.05) is 5.69 Å². The van der Waals surface area contributed by atoms with Gasteiger partial charge in [-0.2, -0.15) is 0 Å². The van der Waals surface area contributed by atoms with E-state index in [1.165, 1.54) is 0 Å². The maximum atomic E-state index is 5.72. The second kappa shape index (κ2) is 5.16. The van der Waals surface area contributed by atoms with Gasteiger partial charge in [0.25, 0.3) is 0 Å². The highest BCUT2D eigenvalue weighted by Crippen LogP contribution is 2.17. The molecular weight excluding hydrogens is 264 g/mol. The van der Waals surface area contributed by atoms with Crippen LogP contribution in [0.3, 0.4) is 0 Å². The second-order valence-corrected chi connectivity index (χ2v) is 4.35. The zero-order valence-electron chi connectivity index (χ0n) is 9.95. The van der Waals surface area contributed by atoms with Crippen molar-refractivity contribution >= 4 is 17.3 Å². The standard InChI is InChI=1S/C13H11ClN4O/c14-13-5-4-12(19-13)7-15-10-2-1-3-11(6-10)18-8-16-17-9-18/h1-6,8-9,15H,7H2. The number of rotatable bonds is 4. The predicted octanol–water partition coefficient (Wildman–Crippen LogP) is 3.13. The number of halogens is 1. The summed E-state index contributed by atoms with van der Waals surface area (Å²) in [6.07, 6.45) is 3.32. The quantitative estimate of drug-likeness (QED) is 0.794. The van der Waals surface area contributed by atoms with Crippen LogP contribution < -0.4 is 5.32 Å². The van der Waals surface area contributed by atoms with Gasteiger partial charge in [-0.3, -0.25) is 4.57 Å². The molecule has 0 spiro atoms. The first-order valence-electron chi connectivity index (χ1n) is 5.74. The predicted molar refractivity (Wildman–Crippen MR) is 72.4 cm³/mol. The highest BCUT2D eigenvalue weighted by atomic mass is 35.5. The largest absolute Gasteiger partial charge is 0.448 e. The van der Waals surface area contributed by atoms with Gasteiger partial charge in [-0.05, 0) is 41.9 Å². The number of benzene rings is 1. The van der Waals surface area contributed by atoms with Gasteiger partial charge < -0.3 is 9.73 Å². The van der Waals surface area contributed by atoms with Crippen LogP contribution in [0, 0.1) is 0 Å². The molecule has 96 valence electrons. The first-order chi connectivity index (χ1) is 9.31. The van der Waals surface area contributed by atoms with Crippen LogP contribution >= 0.6 is 11.6 Å². The molecule has 6 heteroatoms. The lowest BCUT2D eigenvalue weighted by Crippen LogP contribution is -1.99. The molecule has 0 atom stereocenters. The molecule has 0 saturated heterocycles. The third-order valence-corrected chi connectivity index (χ3v) is 2.86. The molecule has 5 nitrogen and oxygen atoms in total. The topological polar surface area (TPSA) is 55.9 Å². The molecule has 3 aromatic rings. The van der Waals surface area contributed by atoms with Crippen LogP contribution in [0.5, 0.6) is 0 Å². The Labute approximate surface area is 114 Å². The molecule has 0 fully saturated rings. The molecule has 19 heavy (non-hydrogen) atoms. The van der Waals surface area contributed by atoms with Crippen LogP contribution in [0.1, 0.15) is 5.76 Å². The molecule has 3 rings (SSSR count). The number of anilines is 1. The molecule has 2 heterocycles. The van der Waals surface area contributed by atoms with Crippen LogP contribution in [-0.2, 0) is 6.54 Å². The summed E-state index contributed by atoms with van der Waals surface area (Å²) in [5.74, 6) is 0.791. The van der Waals surface area contributed by atoms with Crippen LogP contribution in [0.2, 0.25) is 5.22 Å². The van der Waals surface area contributed by atoms with Crippen LogP contribution in [0.4, 0.5) is 5.69 Å². The van der Waals surface area contributed by atoms with Gasteiger partial charge in [-0.1, -0.05) is 6.07 Å². The minimum absolute atomic E-state index is 0.398. The molecule has 0 aliphatic heterocycles. The fourth-order valence-electron chi connectivity index (χ4n) is 1.75. The summed E-state index contributed by atoms with van der Waals surface area (Å²) in [4.78, 5) is 0. The molecule has 0 radical (unpaired) electrons. The Morgan fingerprint density at radius 1 is 1.16 bits per heavy atom. The van der Waals surface area contributed by atoms with Crippen molar-refractivity contribution in [3.05, 3.63) is 60.0 Å². The summed E-state index contributed by atoms with van der Waals surface area (Å²) in [6, 6.07) is 11.5. The SMILES string of the molecule is Clc1ccc(CNc2cccc(-n3cnnc3)c2)o1. The first-order valence-corrected chi connectivity index (χ1v) is 6.12. The van der Waals surface area contributed by atoms with Crippen LogP contribution in [-0.4, -0.2) is 14.8 Å². The number of hydrogen-bond donors (Lipinski definition) is 1. The maximum Gasteiger partial charge on any atom is 0.193 e. The van der Waals surface area contributed by atoms with E-state index in [1.54, 1.807) is 18.7 Å². The first kappa shape index (κ1) is 11.8. The van der Waals surface area contributed by atoms with Crippen molar-refractivity contribution in [1.82, 2.24) is 14.8 Å². The van der Waals surface area contributed by atoms with Crippen molar-refractivity contribution < 1.29 is 4.42 Å². The second-order valence-electron chi connectivity index (χ2n) is 3.98. The fourth-order valence-corrected chi connectivity index (χ4v) is 1.91. The number of furan rings is 1. The molecule has 0 amide bonds. The lowest BCUT2D eigenvalue weighted by atomic mass is 10.2. The summed E-state index contributed by atoms with van der Waals surface area (Å²) >= 11 is 5.72. The van der Waals surface area contributed by atoms with Gasteiger partial charge in [0.2, 0.25) is 0 Å². The van der Waals surface area contributed by atoms with Gasteiger partial charge in [0.15, 0.2) is 5.22 Å². The third-order valence-electron chi connectivity index (χ3n) is 2.66. The van der Waals surface area contributed by atoms with Crippen molar-refractivity contribution in [2.75, 3.05) is 5.32 Å². The Bertz CT molecular complexity index is 663. The van der Waals surface area contributed by atoms with Crippen molar-refractivity contribution in [2.24, 2.45) is 0 Å². The summed E-state index contributed by atoms with van der Waals surface area (Å²) in [5.41, 5.74) is 1.98. The van der Waals surface area contributed by atoms with Crippen molar-refractivity contribution in [3.63, 3.8) is 0 Å². The van der Waals surface area contributed by atoms with E-state index in [0.29, 0.717) is 11.8 Å². The number of nitrogens with zero attached hydrogens (tertiary/aromatic N) is 3. The van der Waals surface area contributed by atoms with E-state index in [0.717, 1.165) is 17.1 Å². The van der Waals surface area contributed by atoms with E-state index < -0.39 is 0 Å². The van der Waals surface area contributed by atoms with Gasteiger partial charge in [0.1, 0.15) is 18.4 Å². The zero-order valence-corrected chi connectivity index (χ0v) is 10.7. The average molecular weight is 275 g/mol. The Balaban J connectivity index is 1.73. The van der Waals surface area contributed by atoms with E-state index in [-0.39, 0.29) is 0 Å².